The highest BCUT2D eigenvalue weighted by Crippen LogP contribution is 2.11. The monoisotopic (exact) mass is 414 g/mol. The van der Waals surface area contributed by atoms with Crippen LogP contribution >= 0.6 is 0 Å². The van der Waals surface area contributed by atoms with Crippen LogP contribution in [-0.2, 0) is 22.4 Å². The molecule has 8 heteroatoms. The molecule has 0 aromatic heterocycles. The van der Waals surface area contributed by atoms with Gasteiger partial charge in [0.2, 0.25) is 11.8 Å². The molecule has 0 saturated carbocycles. The van der Waals surface area contributed by atoms with Gasteiger partial charge in [0.15, 0.2) is 0 Å². The van der Waals surface area contributed by atoms with E-state index in [4.69, 9.17) is 11.5 Å². The molecule has 8 nitrogen and oxygen atoms in total. The molecule has 2 atom stereocenters. The summed E-state index contributed by atoms with van der Waals surface area (Å²) in [6, 6.07) is 11.9. The molecular formula is C22H30N4O4. The maximum absolute atomic E-state index is 12.1. The average Bonchev–Trinajstić information content (AvgIpc) is 2.73. The lowest BCUT2D eigenvalue weighted by Crippen LogP contribution is -2.43. The zero-order valence-corrected chi connectivity index (χ0v) is 16.9. The Kier molecular flexibility index (Phi) is 9.11. The molecule has 2 aromatic carbocycles. The fraction of sp³-hybridized carbons (Fsp3) is 0.364. The molecule has 2 aromatic rings. The quantitative estimate of drug-likeness (QED) is 0.296. The van der Waals surface area contributed by atoms with Crippen molar-refractivity contribution in [1.29, 1.82) is 0 Å². The summed E-state index contributed by atoms with van der Waals surface area (Å²) in [4.78, 5) is 24.1. The van der Waals surface area contributed by atoms with Crippen molar-refractivity contribution in [2.45, 2.75) is 37.8 Å². The Morgan fingerprint density at radius 3 is 1.37 bits per heavy atom. The summed E-state index contributed by atoms with van der Waals surface area (Å²) in [7, 11) is 0. The summed E-state index contributed by atoms with van der Waals surface area (Å²) in [5, 5.41) is 24.1. The fourth-order valence-corrected chi connectivity index (χ4v) is 2.89. The molecule has 0 bridgehead atoms. The molecule has 0 spiro atoms. The van der Waals surface area contributed by atoms with Crippen molar-refractivity contribution in [3.05, 3.63) is 59.7 Å². The Hall–Kier alpha value is -3.10. The topological polar surface area (TPSA) is 151 Å². The van der Waals surface area contributed by atoms with Crippen LogP contribution in [0.15, 0.2) is 48.5 Å². The summed E-state index contributed by atoms with van der Waals surface area (Å²) in [5.74, 6) is -0.124. The van der Waals surface area contributed by atoms with Gasteiger partial charge in [0, 0.05) is 13.1 Å². The third-order valence-corrected chi connectivity index (χ3v) is 4.66. The maximum Gasteiger partial charge on any atom is 0.237 e. The Morgan fingerprint density at radius 2 is 1.03 bits per heavy atom. The largest absolute Gasteiger partial charge is 0.508 e. The number of rotatable bonds is 11. The number of carbonyl (C=O) groups excluding carboxylic acids is 2. The van der Waals surface area contributed by atoms with E-state index in [0.29, 0.717) is 38.8 Å². The van der Waals surface area contributed by atoms with Crippen LogP contribution in [0.3, 0.4) is 0 Å². The van der Waals surface area contributed by atoms with Crippen LogP contribution in [0.1, 0.15) is 24.0 Å². The van der Waals surface area contributed by atoms with Gasteiger partial charge in [0.05, 0.1) is 12.1 Å². The first-order valence-electron chi connectivity index (χ1n) is 9.97. The second kappa shape index (κ2) is 11.8. The van der Waals surface area contributed by atoms with E-state index in [-0.39, 0.29) is 23.3 Å². The SMILES string of the molecule is N[C@H](Cc1ccc(O)cc1)C(=O)NCCCCNC(=O)[C@@H](N)Cc1ccc(O)cc1. The van der Waals surface area contributed by atoms with E-state index in [1.807, 2.05) is 0 Å². The number of unbranched alkanes of at least 4 members (excludes halogenated alkanes) is 1. The predicted molar refractivity (Wildman–Crippen MR) is 115 cm³/mol. The lowest BCUT2D eigenvalue weighted by molar-refractivity contribution is -0.123. The molecule has 8 N–H and O–H groups in total. The van der Waals surface area contributed by atoms with Crippen LogP contribution in [0.25, 0.3) is 0 Å². The summed E-state index contributed by atoms with van der Waals surface area (Å²) in [6.07, 6.45) is 2.18. The molecule has 0 aliphatic carbocycles. The molecule has 162 valence electrons. The second-order valence-electron chi connectivity index (χ2n) is 7.24. The van der Waals surface area contributed by atoms with Crippen LogP contribution in [0, 0.1) is 0 Å². The lowest BCUT2D eigenvalue weighted by Gasteiger charge is -2.14. The third-order valence-electron chi connectivity index (χ3n) is 4.66. The van der Waals surface area contributed by atoms with Gasteiger partial charge >= 0.3 is 0 Å². The minimum atomic E-state index is -0.660. The van der Waals surface area contributed by atoms with E-state index in [1.54, 1.807) is 48.5 Å². The zero-order valence-electron chi connectivity index (χ0n) is 16.9. The van der Waals surface area contributed by atoms with Gasteiger partial charge in [0.1, 0.15) is 11.5 Å². The van der Waals surface area contributed by atoms with E-state index in [9.17, 15) is 19.8 Å². The second-order valence-corrected chi connectivity index (χ2v) is 7.24. The van der Waals surface area contributed by atoms with E-state index in [2.05, 4.69) is 10.6 Å². The number of carbonyl (C=O) groups is 2. The number of phenols is 2. The third kappa shape index (κ3) is 8.10. The average molecular weight is 415 g/mol. The Bertz CT molecular complexity index is 739. The van der Waals surface area contributed by atoms with Gasteiger partial charge in [-0.3, -0.25) is 9.59 Å². The molecule has 0 aliphatic heterocycles. The number of hydrogen-bond donors (Lipinski definition) is 6. The van der Waals surface area contributed by atoms with E-state index < -0.39 is 12.1 Å². The summed E-state index contributed by atoms with van der Waals surface area (Å²) >= 11 is 0. The van der Waals surface area contributed by atoms with Crippen molar-refractivity contribution >= 4 is 11.8 Å². The van der Waals surface area contributed by atoms with Crippen LogP contribution < -0.4 is 22.1 Å². The Labute approximate surface area is 176 Å². The van der Waals surface area contributed by atoms with Crippen molar-refractivity contribution in [2.75, 3.05) is 13.1 Å². The summed E-state index contributed by atoms with van der Waals surface area (Å²) < 4.78 is 0. The minimum absolute atomic E-state index is 0.171. The first kappa shape index (κ1) is 23.2. The standard InChI is InChI=1S/C22H30N4O4/c23-19(13-15-3-7-17(27)8-4-15)21(29)25-11-1-2-12-26-22(30)20(24)14-16-5-9-18(28)10-6-16/h3-10,19-20,27-28H,1-2,11-14,23-24H2,(H,25,29)(H,26,30)/t19-,20+. The lowest BCUT2D eigenvalue weighted by atomic mass is 10.1. The van der Waals surface area contributed by atoms with Gasteiger partial charge in [-0.15, -0.1) is 0 Å². The minimum Gasteiger partial charge on any atom is -0.508 e. The summed E-state index contributed by atoms with van der Waals surface area (Å²) in [6.45, 7) is 0.940. The molecule has 30 heavy (non-hydrogen) atoms. The summed E-state index contributed by atoms with van der Waals surface area (Å²) in [5.41, 5.74) is 13.6. The maximum atomic E-state index is 12.1. The number of hydrogen-bond acceptors (Lipinski definition) is 6. The molecule has 0 heterocycles. The fourth-order valence-electron chi connectivity index (χ4n) is 2.89. The number of nitrogens with two attached hydrogens (primary N) is 2. The van der Waals surface area contributed by atoms with Crippen LogP contribution in [0.4, 0.5) is 0 Å². The van der Waals surface area contributed by atoms with Gasteiger partial charge in [0.25, 0.3) is 0 Å². The molecule has 2 rings (SSSR count). The van der Waals surface area contributed by atoms with Gasteiger partial charge in [-0.1, -0.05) is 24.3 Å². The van der Waals surface area contributed by atoms with Crippen molar-refractivity contribution in [2.24, 2.45) is 11.5 Å². The predicted octanol–water partition coefficient (Wildman–Crippen LogP) is 0.550. The zero-order chi connectivity index (χ0) is 21.9. The highest BCUT2D eigenvalue weighted by Gasteiger charge is 2.15. The van der Waals surface area contributed by atoms with Crippen LogP contribution in [-0.4, -0.2) is 47.2 Å². The smallest absolute Gasteiger partial charge is 0.237 e. The Morgan fingerprint density at radius 1 is 0.700 bits per heavy atom. The van der Waals surface area contributed by atoms with Gasteiger partial charge in [-0.05, 0) is 61.1 Å². The molecule has 0 radical (unpaired) electrons. The molecule has 0 fully saturated rings. The number of benzene rings is 2. The molecule has 0 unspecified atom stereocenters. The molecular weight excluding hydrogens is 384 g/mol. The first-order valence-corrected chi connectivity index (χ1v) is 9.97. The van der Waals surface area contributed by atoms with Crippen LogP contribution in [0.5, 0.6) is 11.5 Å². The highest BCUT2D eigenvalue weighted by molar-refractivity contribution is 5.82. The van der Waals surface area contributed by atoms with Gasteiger partial charge < -0.3 is 32.3 Å². The van der Waals surface area contributed by atoms with Crippen molar-refractivity contribution < 1.29 is 19.8 Å². The van der Waals surface area contributed by atoms with E-state index in [1.165, 1.54) is 0 Å². The van der Waals surface area contributed by atoms with Crippen molar-refractivity contribution in [1.82, 2.24) is 10.6 Å². The Balaban J connectivity index is 1.57. The number of aromatic hydroxyl groups is 2. The normalized spacial score (nSPS) is 12.7. The van der Waals surface area contributed by atoms with Crippen LogP contribution in [0.2, 0.25) is 0 Å². The molecule has 2 amide bonds. The van der Waals surface area contributed by atoms with E-state index >= 15 is 0 Å². The molecule has 0 aliphatic rings. The highest BCUT2D eigenvalue weighted by atomic mass is 16.3. The number of phenolic OH excluding ortho intramolecular Hbond substituents is 2. The molecule has 0 saturated heterocycles. The first-order chi connectivity index (χ1) is 14.3. The number of nitrogens with one attached hydrogen (secondary N) is 2. The van der Waals surface area contributed by atoms with Gasteiger partial charge in [-0.25, -0.2) is 0 Å². The van der Waals surface area contributed by atoms with Gasteiger partial charge in [-0.2, -0.15) is 0 Å². The number of amides is 2. The van der Waals surface area contributed by atoms with E-state index in [0.717, 1.165) is 11.1 Å². The van der Waals surface area contributed by atoms with Crippen molar-refractivity contribution in [3.8, 4) is 11.5 Å². The van der Waals surface area contributed by atoms with Crippen molar-refractivity contribution in [3.63, 3.8) is 0 Å².